The molecule has 1 aromatic heterocycles. The summed E-state index contributed by atoms with van der Waals surface area (Å²) in [6, 6.07) is 6.77. The summed E-state index contributed by atoms with van der Waals surface area (Å²) < 4.78 is 0. The lowest BCUT2D eigenvalue weighted by atomic mass is 9.84. The van der Waals surface area contributed by atoms with Crippen LogP contribution in [-0.4, -0.2) is 53.0 Å². The lowest BCUT2D eigenvalue weighted by Gasteiger charge is -2.45. The molecule has 20 heavy (non-hydrogen) atoms. The van der Waals surface area contributed by atoms with Crippen molar-refractivity contribution in [3.8, 4) is 0 Å². The summed E-state index contributed by atoms with van der Waals surface area (Å²) in [4.78, 5) is 9.59. The van der Waals surface area contributed by atoms with Gasteiger partial charge in [-0.25, -0.2) is 0 Å². The Bertz CT molecular complexity index is 435. The van der Waals surface area contributed by atoms with Gasteiger partial charge >= 0.3 is 0 Å². The highest BCUT2D eigenvalue weighted by Crippen LogP contribution is 2.38. The Labute approximate surface area is 122 Å². The minimum atomic E-state index is 0.137. The van der Waals surface area contributed by atoms with E-state index in [4.69, 9.17) is 5.73 Å². The molecule has 3 rings (SSSR count). The Morgan fingerprint density at radius 2 is 2.30 bits per heavy atom. The summed E-state index contributed by atoms with van der Waals surface area (Å²) in [6.45, 7) is 4.10. The maximum atomic E-state index is 6.24. The van der Waals surface area contributed by atoms with Gasteiger partial charge in [-0.1, -0.05) is 12.5 Å². The molecule has 0 aliphatic carbocycles. The summed E-state index contributed by atoms with van der Waals surface area (Å²) in [7, 11) is 2.22. The zero-order valence-corrected chi connectivity index (χ0v) is 12.5. The van der Waals surface area contributed by atoms with Gasteiger partial charge in [0.2, 0.25) is 0 Å². The number of likely N-dealkylation sites (N-methyl/N-ethyl adjacent to an activating group) is 1. The summed E-state index contributed by atoms with van der Waals surface area (Å²) in [6.07, 6.45) is 7.06. The van der Waals surface area contributed by atoms with Gasteiger partial charge in [0.1, 0.15) is 0 Å². The van der Waals surface area contributed by atoms with E-state index in [1.165, 1.54) is 38.8 Å². The number of aromatic nitrogens is 1. The van der Waals surface area contributed by atoms with Crippen molar-refractivity contribution in [2.24, 2.45) is 5.73 Å². The minimum absolute atomic E-state index is 0.137. The second-order valence-electron chi connectivity index (χ2n) is 6.28. The average Bonchev–Trinajstić information content (AvgIpc) is 2.88. The highest BCUT2D eigenvalue weighted by atomic mass is 15.3. The number of hydrogen-bond acceptors (Lipinski definition) is 4. The van der Waals surface area contributed by atoms with Crippen LogP contribution in [0.1, 0.15) is 31.4 Å². The maximum absolute atomic E-state index is 6.24. The van der Waals surface area contributed by atoms with E-state index in [-0.39, 0.29) is 5.54 Å². The van der Waals surface area contributed by atoms with Gasteiger partial charge < -0.3 is 5.73 Å². The third-order valence-electron chi connectivity index (χ3n) is 5.30. The fourth-order valence-corrected chi connectivity index (χ4v) is 4.10. The molecule has 4 heteroatoms. The summed E-state index contributed by atoms with van der Waals surface area (Å²) in [5, 5.41) is 0. The lowest BCUT2D eigenvalue weighted by molar-refractivity contribution is 0.0504. The molecule has 1 aromatic rings. The van der Waals surface area contributed by atoms with Crippen molar-refractivity contribution in [2.45, 2.75) is 43.8 Å². The molecule has 0 bridgehead atoms. The molecule has 2 atom stereocenters. The summed E-state index contributed by atoms with van der Waals surface area (Å²) in [5.74, 6) is 0. The first-order valence-electron chi connectivity index (χ1n) is 7.81. The zero-order chi connectivity index (χ0) is 14.0. The Hall–Kier alpha value is -0.970. The van der Waals surface area contributed by atoms with Crippen LogP contribution in [0.25, 0.3) is 0 Å². The minimum Gasteiger partial charge on any atom is -0.329 e. The third-order valence-corrected chi connectivity index (χ3v) is 5.30. The van der Waals surface area contributed by atoms with Crippen molar-refractivity contribution in [3.05, 3.63) is 30.1 Å². The molecule has 3 heterocycles. The van der Waals surface area contributed by atoms with E-state index < -0.39 is 0 Å². The number of fused-ring (bicyclic) bond motifs is 1. The topological polar surface area (TPSA) is 45.4 Å². The molecule has 2 unspecified atom stereocenters. The molecule has 0 saturated carbocycles. The van der Waals surface area contributed by atoms with Gasteiger partial charge in [0.15, 0.2) is 0 Å². The number of pyridine rings is 1. The van der Waals surface area contributed by atoms with E-state index in [1.807, 2.05) is 12.3 Å². The van der Waals surface area contributed by atoms with Crippen LogP contribution >= 0.6 is 0 Å². The van der Waals surface area contributed by atoms with Crippen LogP contribution in [0.4, 0.5) is 0 Å². The quantitative estimate of drug-likeness (QED) is 0.903. The molecule has 0 radical (unpaired) electrons. The number of rotatable bonds is 4. The van der Waals surface area contributed by atoms with Gasteiger partial charge in [0, 0.05) is 37.4 Å². The second-order valence-corrected chi connectivity index (χ2v) is 6.28. The van der Waals surface area contributed by atoms with Crippen LogP contribution < -0.4 is 5.73 Å². The van der Waals surface area contributed by atoms with Gasteiger partial charge in [0.25, 0.3) is 0 Å². The van der Waals surface area contributed by atoms with Crippen molar-refractivity contribution in [3.63, 3.8) is 0 Å². The zero-order valence-electron chi connectivity index (χ0n) is 12.5. The SMILES string of the molecule is CN(Cc1ccccn1)C1(CN)CCN2CCCCC21. The summed E-state index contributed by atoms with van der Waals surface area (Å²) in [5.41, 5.74) is 7.51. The molecule has 0 aromatic carbocycles. The first-order chi connectivity index (χ1) is 9.76. The predicted molar refractivity (Wildman–Crippen MR) is 81.3 cm³/mol. The van der Waals surface area contributed by atoms with Crippen LogP contribution in [0.5, 0.6) is 0 Å². The van der Waals surface area contributed by atoms with Crippen molar-refractivity contribution in [1.29, 1.82) is 0 Å². The molecule has 2 aliphatic rings. The largest absolute Gasteiger partial charge is 0.329 e. The maximum Gasteiger partial charge on any atom is 0.0544 e. The van der Waals surface area contributed by atoms with Gasteiger partial charge in [0.05, 0.1) is 5.69 Å². The van der Waals surface area contributed by atoms with Crippen molar-refractivity contribution < 1.29 is 0 Å². The van der Waals surface area contributed by atoms with Gasteiger partial charge in [-0.15, -0.1) is 0 Å². The number of piperidine rings is 1. The fourth-order valence-electron chi connectivity index (χ4n) is 4.10. The van der Waals surface area contributed by atoms with E-state index >= 15 is 0 Å². The first-order valence-corrected chi connectivity index (χ1v) is 7.81. The Morgan fingerprint density at radius 3 is 3.05 bits per heavy atom. The van der Waals surface area contributed by atoms with Crippen LogP contribution in [0, 0.1) is 0 Å². The molecule has 2 fully saturated rings. The van der Waals surface area contributed by atoms with Gasteiger partial charge in [-0.2, -0.15) is 0 Å². The number of hydrogen-bond donors (Lipinski definition) is 1. The molecule has 2 aliphatic heterocycles. The van der Waals surface area contributed by atoms with Crippen LogP contribution in [0.2, 0.25) is 0 Å². The van der Waals surface area contributed by atoms with Gasteiger partial charge in [-0.05, 0) is 45.0 Å². The molecule has 2 N–H and O–H groups in total. The molecule has 0 amide bonds. The van der Waals surface area contributed by atoms with Crippen molar-refractivity contribution in [2.75, 3.05) is 26.7 Å². The Kier molecular flexibility index (Phi) is 4.06. The monoisotopic (exact) mass is 274 g/mol. The highest BCUT2D eigenvalue weighted by molar-refractivity contribution is 5.10. The van der Waals surface area contributed by atoms with Crippen molar-refractivity contribution in [1.82, 2.24) is 14.8 Å². The third kappa shape index (κ3) is 2.36. The number of nitrogens with two attached hydrogens (primary N) is 1. The normalized spacial score (nSPS) is 30.6. The molecule has 110 valence electrons. The predicted octanol–water partition coefficient (Wildman–Crippen LogP) is 1.47. The molecular formula is C16H26N4. The summed E-state index contributed by atoms with van der Waals surface area (Å²) >= 11 is 0. The van der Waals surface area contributed by atoms with E-state index in [0.29, 0.717) is 6.04 Å². The van der Waals surface area contributed by atoms with Crippen LogP contribution in [0.3, 0.4) is 0 Å². The smallest absolute Gasteiger partial charge is 0.0544 e. The Morgan fingerprint density at radius 1 is 1.40 bits per heavy atom. The lowest BCUT2D eigenvalue weighted by Crippen LogP contribution is -2.60. The fraction of sp³-hybridized carbons (Fsp3) is 0.688. The Balaban J connectivity index is 1.78. The average molecular weight is 274 g/mol. The second kappa shape index (κ2) is 5.80. The van der Waals surface area contributed by atoms with Crippen molar-refractivity contribution >= 4 is 0 Å². The molecule has 2 saturated heterocycles. The van der Waals surface area contributed by atoms with E-state index in [0.717, 1.165) is 18.8 Å². The van der Waals surface area contributed by atoms with Crippen LogP contribution in [-0.2, 0) is 6.54 Å². The highest BCUT2D eigenvalue weighted by Gasteiger charge is 2.49. The van der Waals surface area contributed by atoms with Gasteiger partial charge in [-0.3, -0.25) is 14.8 Å². The van der Waals surface area contributed by atoms with E-state index in [1.54, 1.807) is 0 Å². The molecule has 4 nitrogen and oxygen atoms in total. The van der Waals surface area contributed by atoms with E-state index in [9.17, 15) is 0 Å². The number of nitrogens with zero attached hydrogens (tertiary/aromatic N) is 3. The van der Waals surface area contributed by atoms with Crippen LogP contribution in [0.15, 0.2) is 24.4 Å². The molecule has 0 spiro atoms. The molecular weight excluding hydrogens is 248 g/mol. The first kappa shape index (κ1) is 14.0. The standard InChI is InChI=1S/C16H26N4/c1-19(12-14-6-2-4-9-18-14)16(13-17)8-11-20-10-5-3-7-15(16)20/h2,4,6,9,15H,3,5,7-8,10-13,17H2,1H3. The van der Waals surface area contributed by atoms with E-state index in [2.05, 4.69) is 34.0 Å².